The zero-order valence-corrected chi connectivity index (χ0v) is 10.3. The Hall–Kier alpha value is -2.42. The Bertz CT molecular complexity index is 543. The fourth-order valence-corrected chi connectivity index (χ4v) is 2.27. The predicted molar refractivity (Wildman–Crippen MR) is 69.0 cm³/mol. The molecule has 0 unspecified atom stereocenters. The van der Waals surface area contributed by atoms with Gasteiger partial charge in [-0.1, -0.05) is 0 Å². The Kier molecular flexibility index (Phi) is 3.76. The summed E-state index contributed by atoms with van der Waals surface area (Å²) >= 11 is 0. The van der Waals surface area contributed by atoms with Crippen molar-refractivity contribution in [2.45, 2.75) is 12.8 Å². The van der Waals surface area contributed by atoms with Crippen LogP contribution >= 0.6 is 0 Å². The van der Waals surface area contributed by atoms with Crippen LogP contribution in [0.1, 0.15) is 23.2 Å². The second kappa shape index (κ2) is 5.48. The van der Waals surface area contributed by atoms with E-state index in [4.69, 9.17) is 5.26 Å². The Balaban J connectivity index is 2.30. The van der Waals surface area contributed by atoms with Crippen LogP contribution in [0, 0.1) is 27.4 Å². The highest BCUT2D eigenvalue weighted by Crippen LogP contribution is 2.31. The summed E-state index contributed by atoms with van der Waals surface area (Å²) in [6.07, 6.45) is 2.06. The number of nitriles is 1. The number of hydrogen-bond donors (Lipinski definition) is 0. The Morgan fingerprint density at radius 1 is 1.42 bits per heavy atom. The molecule has 0 saturated carbocycles. The molecule has 1 aromatic rings. The first kappa shape index (κ1) is 13.0. The third kappa shape index (κ3) is 2.71. The molecule has 0 aromatic heterocycles. The van der Waals surface area contributed by atoms with Gasteiger partial charge in [0, 0.05) is 30.6 Å². The summed E-state index contributed by atoms with van der Waals surface area (Å²) in [6, 6.07) is 6.56. The molecule has 1 fully saturated rings. The molecular formula is C13H13N3O3. The lowest BCUT2D eigenvalue weighted by Gasteiger charge is -2.30. The average Bonchev–Trinajstić information content (AvgIpc) is 2.46. The lowest BCUT2D eigenvalue weighted by molar-refractivity contribution is -0.384. The molecule has 1 aliphatic rings. The highest BCUT2D eigenvalue weighted by Gasteiger charge is 2.24. The van der Waals surface area contributed by atoms with Crippen LogP contribution in [0.3, 0.4) is 0 Å². The molecule has 19 heavy (non-hydrogen) atoms. The van der Waals surface area contributed by atoms with E-state index in [1.165, 1.54) is 18.2 Å². The second-order valence-corrected chi connectivity index (χ2v) is 4.51. The van der Waals surface area contributed by atoms with E-state index in [0.29, 0.717) is 43.5 Å². The summed E-state index contributed by atoms with van der Waals surface area (Å²) in [5, 5.41) is 19.9. The van der Waals surface area contributed by atoms with Gasteiger partial charge in [-0.05, 0) is 25.0 Å². The van der Waals surface area contributed by atoms with Crippen molar-refractivity contribution in [3.63, 3.8) is 0 Å². The monoisotopic (exact) mass is 259 g/mol. The van der Waals surface area contributed by atoms with E-state index in [2.05, 4.69) is 6.07 Å². The van der Waals surface area contributed by atoms with E-state index in [9.17, 15) is 14.9 Å². The molecule has 1 heterocycles. The summed E-state index contributed by atoms with van der Waals surface area (Å²) in [4.78, 5) is 23.2. The van der Waals surface area contributed by atoms with Gasteiger partial charge in [0.2, 0.25) is 0 Å². The maximum absolute atomic E-state index is 11.0. The fraction of sp³-hybridized carbons (Fsp3) is 0.385. The van der Waals surface area contributed by atoms with Gasteiger partial charge in [0.1, 0.15) is 12.0 Å². The minimum absolute atomic E-state index is 0.000933. The second-order valence-electron chi connectivity index (χ2n) is 4.51. The van der Waals surface area contributed by atoms with Crippen LogP contribution in [0.5, 0.6) is 0 Å². The van der Waals surface area contributed by atoms with Gasteiger partial charge in [-0.15, -0.1) is 0 Å². The van der Waals surface area contributed by atoms with Gasteiger partial charge in [0.25, 0.3) is 5.69 Å². The largest absolute Gasteiger partial charge is 0.366 e. The minimum atomic E-state index is -0.444. The molecule has 1 aliphatic heterocycles. The molecule has 0 radical (unpaired) electrons. The van der Waals surface area contributed by atoms with Gasteiger partial charge in [-0.3, -0.25) is 14.9 Å². The average molecular weight is 259 g/mol. The first-order chi connectivity index (χ1) is 9.15. The SMILES string of the molecule is N#CC1CCN(c2cc(C=O)ccc2[N+](=O)[O-])CC1. The van der Waals surface area contributed by atoms with Crippen molar-refractivity contribution in [3.05, 3.63) is 33.9 Å². The fourth-order valence-electron chi connectivity index (χ4n) is 2.27. The lowest BCUT2D eigenvalue weighted by atomic mass is 9.98. The van der Waals surface area contributed by atoms with Crippen LogP contribution in [0.15, 0.2) is 18.2 Å². The van der Waals surface area contributed by atoms with E-state index in [1.807, 2.05) is 4.90 Å². The van der Waals surface area contributed by atoms with E-state index >= 15 is 0 Å². The summed E-state index contributed by atoms with van der Waals surface area (Å²) in [7, 11) is 0. The smallest absolute Gasteiger partial charge is 0.292 e. The number of carbonyl (C=O) groups excluding carboxylic acids is 1. The van der Waals surface area contributed by atoms with Crippen LogP contribution < -0.4 is 4.90 Å². The summed E-state index contributed by atoms with van der Waals surface area (Å²) in [5.41, 5.74) is 0.884. The van der Waals surface area contributed by atoms with Crippen LogP contribution in [-0.2, 0) is 0 Å². The maximum atomic E-state index is 11.0. The normalized spacial score (nSPS) is 15.8. The van der Waals surface area contributed by atoms with Crippen molar-refractivity contribution in [1.29, 1.82) is 5.26 Å². The van der Waals surface area contributed by atoms with Gasteiger partial charge < -0.3 is 4.90 Å². The topological polar surface area (TPSA) is 87.2 Å². The zero-order valence-electron chi connectivity index (χ0n) is 10.3. The van der Waals surface area contributed by atoms with Crippen LogP contribution in [-0.4, -0.2) is 24.3 Å². The van der Waals surface area contributed by atoms with Crippen LogP contribution in [0.4, 0.5) is 11.4 Å². The maximum Gasteiger partial charge on any atom is 0.292 e. The molecular weight excluding hydrogens is 246 g/mol. The van der Waals surface area contributed by atoms with Crippen molar-refractivity contribution < 1.29 is 9.72 Å². The molecule has 0 amide bonds. The summed E-state index contributed by atoms with van der Waals surface area (Å²) < 4.78 is 0. The molecule has 0 spiro atoms. The van der Waals surface area contributed by atoms with Crippen molar-refractivity contribution in [2.75, 3.05) is 18.0 Å². The molecule has 2 rings (SSSR count). The standard InChI is InChI=1S/C13H13N3O3/c14-8-10-3-5-15(6-4-10)13-7-11(9-17)1-2-12(13)16(18)19/h1-2,7,9-10H,3-6H2. The molecule has 6 heteroatoms. The number of nitro benzene ring substituents is 1. The number of rotatable bonds is 3. The number of piperidine rings is 1. The Morgan fingerprint density at radius 2 is 2.11 bits per heavy atom. The molecule has 0 aliphatic carbocycles. The number of aldehydes is 1. The number of anilines is 1. The lowest BCUT2D eigenvalue weighted by Crippen LogP contribution is -2.33. The van der Waals surface area contributed by atoms with Gasteiger partial charge in [-0.2, -0.15) is 5.26 Å². The summed E-state index contributed by atoms with van der Waals surface area (Å²) in [6.45, 7) is 1.20. The summed E-state index contributed by atoms with van der Waals surface area (Å²) in [5.74, 6) is 0.0181. The Morgan fingerprint density at radius 3 is 2.63 bits per heavy atom. The van der Waals surface area contributed by atoms with Gasteiger partial charge in [0.15, 0.2) is 0 Å². The Labute approximate surface area is 110 Å². The van der Waals surface area contributed by atoms with E-state index in [0.717, 1.165) is 0 Å². The first-order valence-corrected chi connectivity index (χ1v) is 6.04. The minimum Gasteiger partial charge on any atom is -0.366 e. The molecule has 0 bridgehead atoms. The van der Waals surface area contributed by atoms with Gasteiger partial charge >= 0.3 is 0 Å². The van der Waals surface area contributed by atoms with E-state index < -0.39 is 4.92 Å². The quantitative estimate of drug-likeness (QED) is 0.471. The third-order valence-electron chi connectivity index (χ3n) is 3.35. The van der Waals surface area contributed by atoms with E-state index in [1.54, 1.807) is 0 Å². The van der Waals surface area contributed by atoms with Gasteiger partial charge in [-0.25, -0.2) is 0 Å². The van der Waals surface area contributed by atoms with Crippen LogP contribution in [0.25, 0.3) is 0 Å². The molecule has 1 aromatic carbocycles. The first-order valence-electron chi connectivity index (χ1n) is 6.04. The highest BCUT2D eigenvalue weighted by atomic mass is 16.6. The van der Waals surface area contributed by atoms with Crippen molar-refractivity contribution in [1.82, 2.24) is 0 Å². The zero-order chi connectivity index (χ0) is 13.8. The molecule has 0 atom stereocenters. The molecule has 6 nitrogen and oxygen atoms in total. The van der Waals surface area contributed by atoms with Gasteiger partial charge in [0.05, 0.1) is 11.0 Å². The van der Waals surface area contributed by atoms with Crippen molar-refractivity contribution in [2.24, 2.45) is 5.92 Å². The number of benzene rings is 1. The molecule has 1 saturated heterocycles. The van der Waals surface area contributed by atoms with Crippen molar-refractivity contribution in [3.8, 4) is 6.07 Å². The third-order valence-corrected chi connectivity index (χ3v) is 3.35. The van der Waals surface area contributed by atoms with E-state index in [-0.39, 0.29) is 11.6 Å². The highest BCUT2D eigenvalue weighted by molar-refractivity contribution is 5.80. The predicted octanol–water partition coefficient (Wildman–Crippen LogP) is 2.15. The van der Waals surface area contributed by atoms with Crippen molar-refractivity contribution >= 4 is 17.7 Å². The van der Waals surface area contributed by atoms with Crippen LogP contribution in [0.2, 0.25) is 0 Å². The number of hydrogen-bond acceptors (Lipinski definition) is 5. The number of carbonyl (C=O) groups is 1. The molecule has 98 valence electrons. The number of nitro groups is 1. The molecule has 0 N–H and O–H groups in total. The number of nitrogens with zero attached hydrogens (tertiary/aromatic N) is 3.